The smallest absolute Gasteiger partial charge is 0.344 e. The van der Waals surface area contributed by atoms with Gasteiger partial charge in [0, 0.05) is 18.7 Å². The SMILES string of the molecule is Nc1nc(N)nc(COC(=O)COc2ccc(N3CCCC3=O)cc2)n1. The zero-order valence-electron chi connectivity index (χ0n) is 13.9. The van der Waals surface area contributed by atoms with Crippen LogP contribution in [0.3, 0.4) is 0 Å². The molecule has 0 spiro atoms. The Morgan fingerprint density at radius 3 is 2.42 bits per heavy atom. The second kappa shape index (κ2) is 7.64. The molecule has 4 N–H and O–H groups in total. The summed E-state index contributed by atoms with van der Waals surface area (Å²) in [6.07, 6.45) is 1.43. The molecule has 1 amide bonds. The van der Waals surface area contributed by atoms with Crippen molar-refractivity contribution < 1.29 is 19.1 Å². The molecule has 26 heavy (non-hydrogen) atoms. The predicted octanol–water partition coefficient (Wildman–Crippen LogP) is 0.285. The van der Waals surface area contributed by atoms with Gasteiger partial charge in [0.2, 0.25) is 17.8 Å². The molecule has 0 bridgehead atoms. The van der Waals surface area contributed by atoms with E-state index in [1.165, 1.54) is 0 Å². The minimum absolute atomic E-state index is 0.0450. The Hall–Kier alpha value is -3.43. The van der Waals surface area contributed by atoms with Gasteiger partial charge in [-0.1, -0.05) is 0 Å². The molecule has 1 saturated heterocycles. The third-order valence-corrected chi connectivity index (χ3v) is 3.66. The monoisotopic (exact) mass is 358 g/mol. The lowest BCUT2D eigenvalue weighted by molar-refractivity contribution is -0.147. The van der Waals surface area contributed by atoms with Crippen molar-refractivity contribution in [3.63, 3.8) is 0 Å². The summed E-state index contributed by atoms with van der Waals surface area (Å²) >= 11 is 0. The van der Waals surface area contributed by atoms with Crippen LogP contribution in [0.25, 0.3) is 0 Å². The number of hydrogen-bond donors (Lipinski definition) is 2. The fourth-order valence-corrected chi connectivity index (χ4v) is 2.49. The first-order chi connectivity index (χ1) is 12.5. The Labute approximate surface area is 149 Å². The first-order valence-electron chi connectivity index (χ1n) is 7.96. The summed E-state index contributed by atoms with van der Waals surface area (Å²) in [5.41, 5.74) is 11.7. The highest BCUT2D eigenvalue weighted by atomic mass is 16.6. The third kappa shape index (κ3) is 4.35. The first-order valence-corrected chi connectivity index (χ1v) is 7.96. The number of carbonyl (C=O) groups is 2. The molecule has 1 fully saturated rings. The largest absolute Gasteiger partial charge is 0.482 e. The van der Waals surface area contributed by atoms with Crippen LogP contribution in [-0.2, 0) is 20.9 Å². The van der Waals surface area contributed by atoms with Gasteiger partial charge in [0.1, 0.15) is 5.75 Å². The summed E-state index contributed by atoms with van der Waals surface area (Å²) in [7, 11) is 0. The van der Waals surface area contributed by atoms with Gasteiger partial charge in [0.15, 0.2) is 19.0 Å². The molecule has 2 aromatic rings. The van der Waals surface area contributed by atoms with Crippen LogP contribution >= 0.6 is 0 Å². The van der Waals surface area contributed by atoms with Gasteiger partial charge in [-0.25, -0.2) is 4.79 Å². The molecule has 0 aliphatic carbocycles. The number of nitrogens with zero attached hydrogens (tertiary/aromatic N) is 4. The van der Waals surface area contributed by atoms with Crippen molar-refractivity contribution in [1.82, 2.24) is 15.0 Å². The molecular formula is C16H18N6O4. The zero-order chi connectivity index (χ0) is 18.5. The average Bonchev–Trinajstić information content (AvgIpc) is 3.04. The zero-order valence-corrected chi connectivity index (χ0v) is 13.9. The number of carbonyl (C=O) groups excluding carboxylic acids is 2. The number of benzene rings is 1. The first kappa shape index (κ1) is 17.4. The molecule has 2 heterocycles. The van der Waals surface area contributed by atoms with E-state index in [-0.39, 0.29) is 36.8 Å². The van der Waals surface area contributed by atoms with Gasteiger partial charge < -0.3 is 25.8 Å². The summed E-state index contributed by atoms with van der Waals surface area (Å²) in [5, 5.41) is 0. The van der Waals surface area contributed by atoms with Crippen LogP contribution in [-0.4, -0.2) is 40.0 Å². The Morgan fingerprint density at radius 2 is 1.81 bits per heavy atom. The number of amides is 1. The van der Waals surface area contributed by atoms with Gasteiger partial charge in [0.05, 0.1) is 0 Å². The quantitative estimate of drug-likeness (QED) is 0.695. The second-order valence-corrected chi connectivity index (χ2v) is 5.56. The van der Waals surface area contributed by atoms with Crippen LogP contribution in [0.4, 0.5) is 17.6 Å². The number of hydrogen-bond acceptors (Lipinski definition) is 9. The molecule has 0 radical (unpaired) electrons. The lowest BCUT2D eigenvalue weighted by Crippen LogP contribution is -2.23. The van der Waals surface area contributed by atoms with Crippen LogP contribution in [0.1, 0.15) is 18.7 Å². The Morgan fingerprint density at radius 1 is 1.12 bits per heavy atom. The van der Waals surface area contributed by atoms with Gasteiger partial charge in [-0.15, -0.1) is 0 Å². The molecule has 1 aromatic carbocycles. The normalized spacial score (nSPS) is 13.7. The number of esters is 1. The van der Waals surface area contributed by atoms with Crippen molar-refractivity contribution in [2.75, 3.05) is 29.5 Å². The van der Waals surface area contributed by atoms with E-state index in [0.29, 0.717) is 12.2 Å². The van der Waals surface area contributed by atoms with Gasteiger partial charge in [-0.3, -0.25) is 4.79 Å². The Bertz CT molecular complexity index is 791. The Kier molecular flexibility index (Phi) is 5.11. The topological polar surface area (TPSA) is 147 Å². The van der Waals surface area contributed by atoms with Gasteiger partial charge in [0.25, 0.3) is 0 Å². The molecule has 1 aliphatic heterocycles. The maximum Gasteiger partial charge on any atom is 0.344 e. The van der Waals surface area contributed by atoms with Crippen molar-refractivity contribution in [2.45, 2.75) is 19.4 Å². The van der Waals surface area contributed by atoms with Crippen molar-refractivity contribution in [3.05, 3.63) is 30.1 Å². The van der Waals surface area contributed by atoms with E-state index in [1.54, 1.807) is 29.2 Å². The van der Waals surface area contributed by atoms with Crippen LogP contribution in [0.2, 0.25) is 0 Å². The highest BCUT2D eigenvalue weighted by Gasteiger charge is 2.21. The van der Waals surface area contributed by atoms with Gasteiger partial charge in [-0.05, 0) is 30.7 Å². The summed E-state index contributed by atoms with van der Waals surface area (Å²) < 4.78 is 10.4. The maximum atomic E-state index is 11.7. The van der Waals surface area contributed by atoms with Crippen molar-refractivity contribution in [2.24, 2.45) is 0 Å². The van der Waals surface area contributed by atoms with E-state index in [4.69, 9.17) is 20.9 Å². The van der Waals surface area contributed by atoms with E-state index in [1.807, 2.05) is 0 Å². The van der Waals surface area contributed by atoms with E-state index in [2.05, 4.69) is 15.0 Å². The number of nitrogens with two attached hydrogens (primary N) is 2. The van der Waals surface area contributed by atoms with Crippen LogP contribution in [0.5, 0.6) is 5.75 Å². The Balaban J connectivity index is 1.47. The van der Waals surface area contributed by atoms with Crippen molar-refractivity contribution >= 4 is 29.5 Å². The van der Waals surface area contributed by atoms with Crippen LogP contribution in [0.15, 0.2) is 24.3 Å². The molecule has 10 heteroatoms. The highest BCUT2D eigenvalue weighted by Crippen LogP contribution is 2.23. The van der Waals surface area contributed by atoms with Crippen molar-refractivity contribution in [1.29, 1.82) is 0 Å². The highest BCUT2D eigenvalue weighted by molar-refractivity contribution is 5.95. The number of rotatable bonds is 6. The molecule has 3 rings (SSSR count). The number of anilines is 3. The van der Waals surface area contributed by atoms with Crippen LogP contribution < -0.4 is 21.1 Å². The predicted molar refractivity (Wildman–Crippen MR) is 92.0 cm³/mol. The van der Waals surface area contributed by atoms with Gasteiger partial charge in [-0.2, -0.15) is 15.0 Å². The van der Waals surface area contributed by atoms with E-state index in [0.717, 1.165) is 18.7 Å². The molecule has 0 saturated carbocycles. The minimum Gasteiger partial charge on any atom is -0.482 e. The molecule has 0 atom stereocenters. The number of ether oxygens (including phenoxy) is 2. The lowest BCUT2D eigenvalue weighted by Gasteiger charge is -2.16. The molecule has 1 aromatic heterocycles. The average molecular weight is 358 g/mol. The summed E-state index contributed by atoms with van der Waals surface area (Å²) in [4.78, 5) is 36.4. The summed E-state index contributed by atoms with van der Waals surface area (Å²) in [6, 6.07) is 6.95. The lowest BCUT2D eigenvalue weighted by atomic mass is 10.3. The van der Waals surface area contributed by atoms with E-state index < -0.39 is 5.97 Å². The van der Waals surface area contributed by atoms with E-state index in [9.17, 15) is 9.59 Å². The van der Waals surface area contributed by atoms with Gasteiger partial charge >= 0.3 is 5.97 Å². The molecule has 0 unspecified atom stereocenters. The molecular weight excluding hydrogens is 340 g/mol. The molecule has 136 valence electrons. The molecule has 1 aliphatic rings. The fraction of sp³-hybridized carbons (Fsp3) is 0.312. The maximum absolute atomic E-state index is 11.7. The van der Waals surface area contributed by atoms with Crippen molar-refractivity contribution in [3.8, 4) is 5.75 Å². The summed E-state index contributed by atoms with van der Waals surface area (Å²) in [6.45, 7) is 0.255. The second-order valence-electron chi connectivity index (χ2n) is 5.56. The standard InChI is InChI=1S/C16H18N6O4/c17-15-19-12(20-16(18)21-15)8-26-14(24)9-25-11-5-3-10(4-6-11)22-7-1-2-13(22)23/h3-6H,1-2,7-9H2,(H4,17,18,19,20,21). The molecule has 10 nitrogen and oxygen atoms in total. The van der Waals surface area contributed by atoms with Crippen LogP contribution in [0, 0.1) is 0 Å². The third-order valence-electron chi connectivity index (χ3n) is 3.66. The summed E-state index contributed by atoms with van der Waals surface area (Å²) in [5.74, 6) is 0.0740. The van der Waals surface area contributed by atoms with E-state index >= 15 is 0 Å². The number of aromatic nitrogens is 3. The number of nitrogen functional groups attached to an aromatic ring is 2. The minimum atomic E-state index is -0.596. The fourth-order valence-electron chi connectivity index (χ4n) is 2.49.